The van der Waals surface area contributed by atoms with Gasteiger partial charge in [-0.05, 0) is 43.0 Å². The minimum absolute atomic E-state index is 0.123. The lowest BCUT2D eigenvalue weighted by atomic mass is 10.2. The third-order valence-electron chi connectivity index (χ3n) is 3.08. The first-order chi connectivity index (χ1) is 7.99. The molecule has 1 aromatic rings. The summed E-state index contributed by atoms with van der Waals surface area (Å²) in [5.74, 6) is 0.286. The number of benzene rings is 1. The first-order valence-electron chi connectivity index (χ1n) is 5.65. The molecular formula is C12H17NO3S. The highest BCUT2D eigenvalue weighted by Gasteiger charge is 2.24. The van der Waals surface area contributed by atoms with Gasteiger partial charge in [-0.15, -0.1) is 0 Å². The Balaban J connectivity index is 2.21. The first kappa shape index (κ1) is 12.4. The van der Waals surface area contributed by atoms with Gasteiger partial charge in [-0.2, -0.15) is 0 Å². The number of nitrogen functional groups attached to an aromatic ring is 1. The fourth-order valence-electron chi connectivity index (χ4n) is 1.96. The van der Waals surface area contributed by atoms with E-state index in [-0.39, 0.29) is 11.7 Å². The van der Waals surface area contributed by atoms with Gasteiger partial charge >= 0.3 is 0 Å². The van der Waals surface area contributed by atoms with E-state index in [1.807, 2.05) is 6.92 Å². The molecule has 0 saturated carbocycles. The Labute approximate surface area is 102 Å². The van der Waals surface area contributed by atoms with Crippen molar-refractivity contribution >= 4 is 15.5 Å². The lowest BCUT2D eigenvalue weighted by Crippen LogP contribution is -2.16. The van der Waals surface area contributed by atoms with Crippen LogP contribution in [0.25, 0.3) is 0 Å². The van der Waals surface area contributed by atoms with E-state index in [1.54, 1.807) is 18.2 Å². The molecule has 1 aliphatic heterocycles. The lowest BCUT2D eigenvalue weighted by molar-refractivity contribution is 0.188. The summed E-state index contributed by atoms with van der Waals surface area (Å²) in [6.07, 6.45) is 0.827. The number of hydrogen-bond donors (Lipinski definition) is 1. The molecule has 1 heterocycles. The normalized spacial score (nSPS) is 20.6. The van der Waals surface area contributed by atoms with Crippen molar-refractivity contribution in [1.29, 1.82) is 0 Å². The molecule has 1 atom stereocenters. The fourth-order valence-corrected chi connectivity index (χ4v) is 3.67. The Morgan fingerprint density at radius 1 is 1.47 bits per heavy atom. The average molecular weight is 255 g/mol. The van der Waals surface area contributed by atoms with Crippen LogP contribution in [0.2, 0.25) is 0 Å². The molecule has 0 aromatic heterocycles. The van der Waals surface area contributed by atoms with Crippen LogP contribution >= 0.6 is 0 Å². The summed E-state index contributed by atoms with van der Waals surface area (Å²) in [7, 11) is -3.22. The van der Waals surface area contributed by atoms with E-state index in [0.29, 0.717) is 23.8 Å². The van der Waals surface area contributed by atoms with Gasteiger partial charge in [0.05, 0.1) is 17.3 Å². The fraction of sp³-hybridized carbons (Fsp3) is 0.500. The predicted octanol–water partition coefficient (Wildman–Crippen LogP) is 1.39. The van der Waals surface area contributed by atoms with Gasteiger partial charge in [-0.25, -0.2) is 8.42 Å². The summed E-state index contributed by atoms with van der Waals surface area (Å²) in [5.41, 5.74) is 7.10. The Hall–Kier alpha value is -1.07. The molecule has 5 heteroatoms. The van der Waals surface area contributed by atoms with Gasteiger partial charge in [0.25, 0.3) is 0 Å². The van der Waals surface area contributed by atoms with Gasteiger partial charge < -0.3 is 10.5 Å². The molecule has 0 spiro atoms. The number of ether oxygens (including phenoxy) is 1. The molecule has 4 nitrogen and oxygen atoms in total. The maximum absolute atomic E-state index is 12.2. The van der Waals surface area contributed by atoms with Gasteiger partial charge in [0.2, 0.25) is 0 Å². The van der Waals surface area contributed by atoms with Crippen molar-refractivity contribution in [3.05, 3.63) is 23.8 Å². The molecule has 1 aromatic carbocycles. The Kier molecular flexibility index (Phi) is 3.40. The molecular weight excluding hydrogens is 238 g/mol. The van der Waals surface area contributed by atoms with Gasteiger partial charge in [0.1, 0.15) is 0 Å². The van der Waals surface area contributed by atoms with E-state index in [4.69, 9.17) is 10.5 Å². The molecule has 17 heavy (non-hydrogen) atoms. The van der Waals surface area contributed by atoms with Crippen molar-refractivity contribution in [2.24, 2.45) is 5.92 Å². The highest BCUT2D eigenvalue weighted by Crippen LogP contribution is 2.22. The lowest BCUT2D eigenvalue weighted by Gasteiger charge is -2.10. The largest absolute Gasteiger partial charge is 0.399 e. The summed E-state index contributed by atoms with van der Waals surface area (Å²) in [6.45, 7) is 3.03. The van der Waals surface area contributed by atoms with Gasteiger partial charge in [0.15, 0.2) is 9.84 Å². The molecule has 1 aliphatic rings. The summed E-state index contributed by atoms with van der Waals surface area (Å²) in [5, 5.41) is 0. The van der Waals surface area contributed by atoms with Crippen LogP contribution in [-0.4, -0.2) is 27.4 Å². The Bertz CT molecular complexity index is 504. The zero-order chi connectivity index (χ0) is 12.5. The minimum Gasteiger partial charge on any atom is -0.399 e. The summed E-state index contributed by atoms with van der Waals surface area (Å²) < 4.78 is 29.5. The highest BCUT2D eigenvalue weighted by atomic mass is 32.2. The highest BCUT2D eigenvalue weighted by molar-refractivity contribution is 7.91. The van der Waals surface area contributed by atoms with Crippen molar-refractivity contribution in [3.63, 3.8) is 0 Å². The number of sulfone groups is 1. The maximum atomic E-state index is 12.2. The van der Waals surface area contributed by atoms with E-state index >= 15 is 0 Å². The van der Waals surface area contributed by atoms with Crippen LogP contribution in [0, 0.1) is 12.8 Å². The molecule has 94 valence electrons. The van der Waals surface area contributed by atoms with Crippen molar-refractivity contribution in [2.75, 3.05) is 24.7 Å². The average Bonchev–Trinajstić information content (AvgIpc) is 2.73. The third-order valence-corrected chi connectivity index (χ3v) is 4.96. The van der Waals surface area contributed by atoms with Gasteiger partial charge in [0, 0.05) is 12.3 Å². The summed E-state index contributed by atoms with van der Waals surface area (Å²) in [4.78, 5) is 0.358. The van der Waals surface area contributed by atoms with Crippen LogP contribution in [0.5, 0.6) is 0 Å². The van der Waals surface area contributed by atoms with E-state index in [1.165, 1.54) is 0 Å². The number of nitrogens with two attached hydrogens (primary N) is 1. The zero-order valence-corrected chi connectivity index (χ0v) is 10.7. The molecule has 0 aliphatic carbocycles. The van der Waals surface area contributed by atoms with Crippen LogP contribution in [0.15, 0.2) is 23.1 Å². The van der Waals surface area contributed by atoms with Crippen LogP contribution in [-0.2, 0) is 14.6 Å². The van der Waals surface area contributed by atoms with Crippen molar-refractivity contribution in [3.8, 4) is 0 Å². The van der Waals surface area contributed by atoms with Crippen molar-refractivity contribution in [2.45, 2.75) is 18.2 Å². The van der Waals surface area contributed by atoms with Crippen molar-refractivity contribution in [1.82, 2.24) is 0 Å². The van der Waals surface area contributed by atoms with E-state index in [0.717, 1.165) is 12.0 Å². The molecule has 0 amide bonds. The second kappa shape index (κ2) is 4.66. The first-order valence-corrected chi connectivity index (χ1v) is 7.31. The topological polar surface area (TPSA) is 69.4 Å². The van der Waals surface area contributed by atoms with Crippen LogP contribution in [0.4, 0.5) is 5.69 Å². The summed E-state index contributed by atoms with van der Waals surface area (Å²) >= 11 is 0. The predicted molar refractivity (Wildman–Crippen MR) is 66.6 cm³/mol. The quantitative estimate of drug-likeness (QED) is 0.829. The molecule has 2 rings (SSSR count). The third kappa shape index (κ3) is 2.79. The van der Waals surface area contributed by atoms with Crippen LogP contribution in [0.3, 0.4) is 0 Å². The monoisotopic (exact) mass is 255 g/mol. The van der Waals surface area contributed by atoms with Crippen molar-refractivity contribution < 1.29 is 13.2 Å². The second-order valence-corrected chi connectivity index (χ2v) is 6.56. The molecule has 1 fully saturated rings. The second-order valence-electron chi connectivity index (χ2n) is 4.53. The number of hydrogen-bond acceptors (Lipinski definition) is 4. The molecule has 2 N–H and O–H groups in total. The number of anilines is 1. The maximum Gasteiger partial charge on any atom is 0.178 e. The number of aryl methyl sites for hydroxylation is 1. The van der Waals surface area contributed by atoms with Crippen LogP contribution in [0.1, 0.15) is 12.0 Å². The summed E-state index contributed by atoms with van der Waals surface area (Å²) in [6, 6.07) is 4.86. The molecule has 1 saturated heterocycles. The SMILES string of the molecule is Cc1cc(S(=O)(=O)CC2CCOC2)ccc1N. The number of rotatable bonds is 3. The molecule has 0 bridgehead atoms. The van der Waals surface area contributed by atoms with Crippen LogP contribution < -0.4 is 5.73 Å². The zero-order valence-electron chi connectivity index (χ0n) is 9.85. The minimum atomic E-state index is -3.22. The molecule has 0 radical (unpaired) electrons. The molecule has 1 unspecified atom stereocenters. The van der Waals surface area contributed by atoms with E-state index < -0.39 is 9.84 Å². The Morgan fingerprint density at radius 3 is 2.82 bits per heavy atom. The Morgan fingerprint density at radius 2 is 2.24 bits per heavy atom. The standard InChI is InChI=1S/C12H17NO3S/c1-9-6-11(2-3-12(9)13)17(14,15)8-10-4-5-16-7-10/h2-3,6,10H,4-5,7-8,13H2,1H3. The smallest absolute Gasteiger partial charge is 0.178 e. The van der Waals surface area contributed by atoms with E-state index in [9.17, 15) is 8.42 Å². The van der Waals surface area contributed by atoms with Gasteiger partial charge in [-0.3, -0.25) is 0 Å². The van der Waals surface area contributed by atoms with Gasteiger partial charge in [-0.1, -0.05) is 0 Å². The van der Waals surface area contributed by atoms with E-state index in [2.05, 4.69) is 0 Å².